The third kappa shape index (κ3) is 5.43. The van der Waals surface area contributed by atoms with Crippen LogP contribution in [0.4, 0.5) is 5.69 Å². The molecule has 0 bridgehead atoms. The average molecular weight is 486 g/mol. The minimum Gasteiger partial charge on any atom is -0.494 e. The van der Waals surface area contributed by atoms with Crippen molar-refractivity contribution in [1.29, 1.82) is 0 Å². The second-order valence-electron chi connectivity index (χ2n) is 9.61. The van der Waals surface area contributed by atoms with Gasteiger partial charge in [0.1, 0.15) is 17.1 Å². The van der Waals surface area contributed by atoms with Crippen molar-refractivity contribution in [2.24, 2.45) is 0 Å². The number of carbonyl (C=O) groups is 2. The number of nitrogens with one attached hydrogen (secondary N) is 1. The highest BCUT2D eigenvalue weighted by Crippen LogP contribution is 2.33. The fourth-order valence-electron chi connectivity index (χ4n) is 3.85. The fraction of sp³-hybridized carbons (Fsp3) is 0.267. The zero-order chi connectivity index (χ0) is 25.9. The topological polar surface area (TPSA) is 77.8 Å². The molecule has 0 aliphatic rings. The number of fused-ring (bicyclic) bond motifs is 1. The van der Waals surface area contributed by atoms with Crippen molar-refractivity contribution in [3.8, 4) is 11.5 Å². The number of ether oxygens (including phenoxy) is 2. The molecule has 0 saturated carbocycles. The molecule has 3 aromatic carbocycles. The number of ketones is 1. The molecule has 0 saturated heterocycles. The standard InChI is InChI=1S/C30H31NO5/c1-6-34-22-15-11-20(12-16-22)27(32)28-26(24-9-7-8-10-25(24)36-28)31-29(33)19(2)35-23-17-13-21(14-18-23)30(3,4)5/h7-19H,6H2,1-5H3,(H,31,33). The Balaban J connectivity index is 1.57. The van der Waals surface area contributed by atoms with Gasteiger partial charge in [-0.05, 0) is 73.4 Å². The molecule has 1 atom stereocenters. The summed E-state index contributed by atoms with van der Waals surface area (Å²) in [6.45, 7) is 10.5. The van der Waals surface area contributed by atoms with E-state index in [1.165, 1.54) is 5.56 Å². The van der Waals surface area contributed by atoms with Gasteiger partial charge in [0.05, 0.1) is 12.3 Å². The lowest BCUT2D eigenvalue weighted by Crippen LogP contribution is -2.30. The van der Waals surface area contributed by atoms with E-state index >= 15 is 0 Å². The zero-order valence-corrected chi connectivity index (χ0v) is 21.3. The molecule has 1 N–H and O–H groups in total. The molecule has 0 aliphatic carbocycles. The molecule has 4 rings (SSSR count). The maximum atomic E-state index is 13.3. The van der Waals surface area contributed by atoms with Gasteiger partial charge < -0.3 is 19.2 Å². The summed E-state index contributed by atoms with van der Waals surface area (Å²) in [5, 5.41) is 3.51. The van der Waals surface area contributed by atoms with Crippen molar-refractivity contribution in [3.63, 3.8) is 0 Å². The molecular formula is C30H31NO5. The Bertz CT molecular complexity index is 1360. The van der Waals surface area contributed by atoms with Crippen LogP contribution in [0.25, 0.3) is 11.0 Å². The van der Waals surface area contributed by atoms with Crippen LogP contribution in [0.3, 0.4) is 0 Å². The van der Waals surface area contributed by atoms with Crippen molar-refractivity contribution in [3.05, 3.63) is 89.7 Å². The van der Waals surface area contributed by atoms with Gasteiger partial charge in [-0.1, -0.05) is 45.0 Å². The fourth-order valence-corrected chi connectivity index (χ4v) is 3.85. The van der Waals surface area contributed by atoms with Crippen LogP contribution in [0.1, 0.15) is 56.3 Å². The number of furan rings is 1. The van der Waals surface area contributed by atoms with Crippen molar-refractivity contribution in [2.75, 3.05) is 11.9 Å². The van der Waals surface area contributed by atoms with Gasteiger partial charge >= 0.3 is 0 Å². The number of hydrogen-bond acceptors (Lipinski definition) is 5. The van der Waals surface area contributed by atoms with Gasteiger partial charge in [0.2, 0.25) is 5.78 Å². The maximum absolute atomic E-state index is 13.3. The van der Waals surface area contributed by atoms with E-state index in [0.717, 1.165) is 0 Å². The highest BCUT2D eigenvalue weighted by molar-refractivity contribution is 6.17. The van der Waals surface area contributed by atoms with Crippen LogP contribution >= 0.6 is 0 Å². The average Bonchev–Trinajstić information content (AvgIpc) is 3.22. The molecule has 1 heterocycles. The van der Waals surface area contributed by atoms with Gasteiger partial charge in [0, 0.05) is 10.9 Å². The second kappa shape index (κ2) is 10.3. The van der Waals surface area contributed by atoms with Crippen LogP contribution in [0.5, 0.6) is 11.5 Å². The first-order valence-corrected chi connectivity index (χ1v) is 12.0. The van der Waals surface area contributed by atoms with E-state index in [2.05, 4.69) is 26.1 Å². The molecular weight excluding hydrogens is 454 g/mol. The summed E-state index contributed by atoms with van der Waals surface area (Å²) < 4.78 is 17.2. The number of carbonyl (C=O) groups excluding carboxylic acids is 2. The molecule has 4 aromatic rings. The van der Waals surface area contributed by atoms with E-state index in [9.17, 15) is 9.59 Å². The molecule has 0 radical (unpaired) electrons. The molecule has 36 heavy (non-hydrogen) atoms. The lowest BCUT2D eigenvalue weighted by molar-refractivity contribution is -0.122. The zero-order valence-electron chi connectivity index (χ0n) is 21.3. The molecule has 1 unspecified atom stereocenters. The lowest BCUT2D eigenvalue weighted by Gasteiger charge is -2.20. The number of hydrogen-bond donors (Lipinski definition) is 1. The Morgan fingerprint density at radius 2 is 1.56 bits per heavy atom. The SMILES string of the molecule is CCOc1ccc(C(=O)c2oc3ccccc3c2NC(=O)C(C)Oc2ccc(C(C)(C)C)cc2)cc1. The maximum Gasteiger partial charge on any atom is 0.265 e. The number of anilines is 1. The normalized spacial score (nSPS) is 12.2. The summed E-state index contributed by atoms with van der Waals surface area (Å²) in [6, 6.07) is 21.8. The van der Waals surface area contributed by atoms with Crippen LogP contribution in [-0.4, -0.2) is 24.4 Å². The third-order valence-electron chi connectivity index (χ3n) is 5.88. The Morgan fingerprint density at radius 3 is 2.19 bits per heavy atom. The first-order chi connectivity index (χ1) is 17.2. The molecule has 0 spiro atoms. The molecule has 186 valence electrons. The Labute approximate surface area is 211 Å². The van der Waals surface area contributed by atoms with E-state index in [1.807, 2.05) is 43.3 Å². The van der Waals surface area contributed by atoms with Crippen LogP contribution in [-0.2, 0) is 10.2 Å². The van der Waals surface area contributed by atoms with Gasteiger partial charge in [0.25, 0.3) is 5.91 Å². The third-order valence-corrected chi connectivity index (χ3v) is 5.88. The van der Waals surface area contributed by atoms with E-state index in [1.54, 1.807) is 43.3 Å². The van der Waals surface area contributed by atoms with Crippen LogP contribution in [0.15, 0.2) is 77.2 Å². The molecule has 6 nitrogen and oxygen atoms in total. The van der Waals surface area contributed by atoms with Gasteiger partial charge in [-0.2, -0.15) is 0 Å². The van der Waals surface area contributed by atoms with Crippen molar-refractivity contribution in [2.45, 2.75) is 46.1 Å². The number of benzene rings is 3. The molecule has 0 aliphatic heterocycles. The molecule has 1 aromatic heterocycles. The molecule has 1 amide bonds. The summed E-state index contributed by atoms with van der Waals surface area (Å²) >= 11 is 0. The highest BCUT2D eigenvalue weighted by Gasteiger charge is 2.25. The van der Waals surface area contributed by atoms with Gasteiger partial charge in [-0.15, -0.1) is 0 Å². The first kappa shape index (κ1) is 25.0. The van der Waals surface area contributed by atoms with Crippen LogP contribution < -0.4 is 14.8 Å². The predicted octanol–water partition coefficient (Wildman–Crippen LogP) is 6.77. The molecule has 6 heteroatoms. The van der Waals surface area contributed by atoms with Crippen molar-refractivity contribution >= 4 is 28.3 Å². The van der Waals surface area contributed by atoms with E-state index in [0.29, 0.717) is 40.3 Å². The summed E-state index contributed by atoms with van der Waals surface area (Å²) in [5.41, 5.74) is 2.46. The smallest absolute Gasteiger partial charge is 0.265 e. The Hall–Kier alpha value is -4.06. The summed E-state index contributed by atoms with van der Waals surface area (Å²) in [7, 11) is 0. The van der Waals surface area contributed by atoms with Crippen LogP contribution in [0, 0.1) is 0 Å². The quantitative estimate of drug-likeness (QED) is 0.279. The van der Waals surface area contributed by atoms with Gasteiger partial charge in [-0.25, -0.2) is 0 Å². The monoisotopic (exact) mass is 485 g/mol. The van der Waals surface area contributed by atoms with E-state index in [-0.39, 0.29) is 22.9 Å². The first-order valence-electron chi connectivity index (χ1n) is 12.0. The minimum atomic E-state index is -0.799. The van der Waals surface area contributed by atoms with Crippen molar-refractivity contribution in [1.82, 2.24) is 0 Å². The van der Waals surface area contributed by atoms with Crippen molar-refractivity contribution < 1.29 is 23.5 Å². The summed E-state index contributed by atoms with van der Waals surface area (Å²) in [5.74, 6) is 0.607. The van der Waals surface area contributed by atoms with Crippen LogP contribution in [0.2, 0.25) is 0 Å². The van der Waals surface area contributed by atoms with Gasteiger partial charge in [0.15, 0.2) is 11.9 Å². The summed E-state index contributed by atoms with van der Waals surface area (Å²) in [6.07, 6.45) is -0.799. The van der Waals surface area contributed by atoms with E-state index in [4.69, 9.17) is 13.9 Å². The number of amides is 1. The minimum absolute atomic E-state index is 0.0240. The predicted molar refractivity (Wildman–Crippen MR) is 141 cm³/mol. The number of rotatable bonds is 8. The highest BCUT2D eigenvalue weighted by atomic mass is 16.5. The van der Waals surface area contributed by atoms with Gasteiger partial charge in [-0.3, -0.25) is 9.59 Å². The van der Waals surface area contributed by atoms with E-state index < -0.39 is 6.10 Å². The number of para-hydroxylation sites is 1. The Kier molecular flexibility index (Phi) is 7.15. The second-order valence-corrected chi connectivity index (χ2v) is 9.61. The molecule has 0 fully saturated rings. The largest absolute Gasteiger partial charge is 0.494 e. The lowest BCUT2D eigenvalue weighted by atomic mass is 9.87. The Morgan fingerprint density at radius 1 is 0.917 bits per heavy atom. The summed E-state index contributed by atoms with van der Waals surface area (Å²) in [4.78, 5) is 26.5.